The molecule has 6 nitrogen and oxygen atoms in total. The van der Waals surface area contributed by atoms with Crippen molar-refractivity contribution in [3.05, 3.63) is 59.7 Å². The average molecular weight is 391 g/mol. The molecule has 2 rings (SSSR count). The Balaban J connectivity index is 2.22. The maximum atomic E-state index is 13.0. The minimum atomic E-state index is -3.56. The monoisotopic (exact) mass is 391 g/mol. The molecule has 146 valence electrons. The molecule has 0 N–H and O–H groups in total. The van der Waals surface area contributed by atoms with E-state index in [1.54, 1.807) is 60.5 Å². The number of rotatable bonds is 8. The van der Waals surface area contributed by atoms with Crippen LogP contribution in [0.4, 0.5) is 0 Å². The van der Waals surface area contributed by atoms with Crippen LogP contribution in [0.2, 0.25) is 0 Å². The van der Waals surface area contributed by atoms with E-state index in [0.717, 1.165) is 18.2 Å². The Morgan fingerprint density at radius 2 is 1.78 bits per heavy atom. The third kappa shape index (κ3) is 5.99. The highest BCUT2D eigenvalue weighted by Gasteiger charge is 2.21. The quantitative estimate of drug-likeness (QED) is 0.644. The summed E-state index contributed by atoms with van der Waals surface area (Å²) in [4.78, 5) is 14.8. The highest BCUT2D eigenvalue weighted by molar-refractivity contribution is 7.86. The predicted octanol–water partition coefficient (Wildman–Crippen LogP) is 3.47. The molecule has 0 spiro atoms. The summed E-state index contributed by atoms with van der Waals surface area (Å²) in [6, 6.07) is 13.8. The topological polar surface area (TPSA) is 72.9 Å². The van der Waals surface area contributed by atoms with E-state index in [4.69, 9.17) is 8.92 Å². The van der Waals surface area contributed by atoms with Crippen LogP contribution in [0.15, 0.2) is 48.5 Å². The molecule has 0 fully saturated rings. The largest absolute Gasteiger partial charge is 0.497 e. The van der Waals surface area contributed by atoms with Gasteiger partial charge in [-0.2, -0.15) is 8.42 Å². The zero-order valence-electron chi connectivity index (χ0n) is 16.0. The van der Waals surface area contributed by atoms with E-state index >= 15 is 0 Å². The maximum absolute atomic E-state index is 13.0. The van der Waals surface area contributed by atoms with Crippen molar-refractivity contribution in [3.63, 3.8) is 0 Å². The second-order valence-electron chi connectivity index (χ2n) is 6.35. The lowest BCUT2D eigenvalue weighted by atomic mass is 10.1. The average Bonchev–Trinajstić information content (AvgIpc) is 2.65. The molecule has 2 aromatic carbocycles. The van der Waals surface area contributed by atoms with Gasteiger partial charge in [-0.25, -0.2) is 0 Å². The Bertz CT molecular complexity index is 878. The third-order valence-corrected chi connectivity index (χ3v) is 4.72. The minimum absolute atomic E-state index is 0.0376. The molecular weight excluding hydrogens is 366 g/mol. The standard InChI is InChI=1S/C20H25NO5S/c1-5-15(2)21(20(22)17-7-6-8-19(13-17)25-3)14-16-9-11-18(12-10-16)26-27(4,23)24/h6-13,15H,5,14H2,1-4H3/t15-/m1/s1. The second-order valence-corrected chi connectivity index (χ2v) is 7.93. The first-order valence-electron chi connectivity index (χ1n) is 8.67. The fourth-order valence-electron chi connectivity index (χ4n) is 2.59. The Morgan fingerprint density at radius 3 is 2.33 bits per heavy atom. The first kappa shape index (κ1) is 20.8. The summed E-state index contributed by atoms with van der Waals surface area (Å²) in [5.74, 6) is 0.794. The Kier molecular flexibility index (Phi) is 6.85. The molecular formula is C20H25NO5S. The molecule has 0 aliphatic carbocycles. The number of amides is 1. The van der Waals surface area contributed by atoms with Crippen molar-refractivity contribution in [3.8, 4) is 11.5 Å². The van der Waals surface area contributed by atoms with Gasteiger partial charge in [0.2, 0.25) is 0 Å². The van der Waals surface area contributed by atoms with Crippen molar-refractivity contribution < 1.29 is 22.1 Å². The molecule has 0 aliphatic heterocycles. The number of hydrogen-bond acceptors (Lipinski definition) is 5. The number of methoxy groups -OCH3 is 1. The molecule has 1 atom stereocenters. The van der Waals surface area contributed by atoms with E-state index in [0.29, 0.717) is 17.9 Å². The molecule has 0 aromatic heterocycles. The van der Waals surface area contributed by atoms with Crippen LogP contribution in [0.3, 0.4) is 0 Å². The summed E-state index contributed by atoms with van der Waals surface area (Å²) in [6.07, 6.45) is 1.81. The second kappa shape index (κ2) is 8.90. The van der Waals surface area contributed by atoms with Gasteiger partial charge < -0.3 is 13.8 Å². The van der Waals surface area contributed by atoms with Crippen LogP contribution in [0, 0.1) is 0 Å². The van der Waals surface area contributed by atoms with Gasteiger partial charge in [0.15, 0.2) is 0 Å². The molecule has 27 heavy (non-hydrogen) atoms. The van der Waals surface area contributed by atoms with Crippen LogP contribution in [0.1, 0.15) is 36.2 Å². The van der Waals surface area contributed by atoms with Gasteiger partial charge in [-0.05, 0) is 49.2 Å². The number of carbonyl (C=O) groups excluding carboxylic acids is 1. The van der Waals surface area contributed by atoms with Gasteiger partial charge in [-0.15, -0.1) is 0 Å². The molecule has 0 heterocycles. The van der Waals surface area contributed by atoms with E-state index in [1.165, 1.54) is 0 Å². The highest BCUT2D eigenvalue weighted by atomic mass is 32.2. The maximum Gasteiger partial charge on any atom is 0.306 e. The molecule has 0 saturated carbocycles. The number of carbonyl (C=O) groups is 1. The van der Waals surface area contributed by atoms with E-state index < -0.39 is 10.1 Å². The van der Waals surface area contributed by atoms with E-state index in [9.17, 15) is 13.2 Å². The Labute approximate surface area is 160 Å². The number of benzene rings is 2. The van der Waals surface area contributed by atoms with Crippen LogP contribution < -0.4 is 8.92 Å². The van der Waals surface area contributed by atoms with Gasteiger partial charge >= 0.3 is 10.1 Å². The van der Waals surface area contributed by atoms with Crippen LogP contribution in [-0.4, -0.2) is 38.6 Å². The SMILES string of the molecule is CC[C@@H](C)N(Cc1ccc(OS(C)(=O)=O)cc1)C(=O)c1cccc(OC)c1. The third-order valence-electron chi connectivity index (χ3n) is 4.22. The summed E-state index contributed by atoms with van der Waals surface area (Å²) in [5.41, 5.74) is 1.44. The number of nitrogens with zero attached hydrogens (tertiary/aromatic N) is 1. The number of ether oxygens (including phenoxy) is 1. The summed E-state index contributed by atoms with van der Waals surface area (Å²) in [7, 11) is -2.00. The van der Waals surface area contributed by atoms with Crippen molar-refractivity contribution in [1.82, 2.24) is 4.90 Å². The van der Waals surface area contributed by atoms with Crippen LogP contribution in [0.25, 0.3) is 0 Å². The van der Waals surface area contributed by atoms with Crippen molar-refractivity contribution in [2.24, 2.45) is 0 Å². The lowest BCUT2D eigenvalue weighted by Crippen LogP contribution is -2.37. The Hall–Kier alpha value is -2.54. The molecule has 0 radical (unpaired) electrons. The van der Waals surface area contributed by atoms with Gasteiger partial charge in [0.25, 0.3) is 5.91 Å². The van der Waals surface area contributed by atoms with Crippen LogP contribution in [-0.2, 0) is 16.7 Å². The predicted molar refractivity (Wildman–Crippen MR) is 105 cm³/mol. The zero-order chi connectivity index (χ0) is 20.0. The lowest BCUT2D eigenvalue weighted by molar-refractivity contribution is 0.0671. The van der Waals surface area contributed by atoms with Crippen molar-refractivity contribution >= 4 is 16.0 Å². The van der Waals surface area contributed by atoms with Gasteiger partial charge in [0.05, 0.1) is 13.4 Å². The Morgan fingerprint density at radius 1 is 1.11 bits per heavy atom. The fourth-order valence-corrected chi connectivity index (χ4v) is 3.05. The summed E-state index contributed by atoms with van der Waals surface area (Å²) < 4.78 is 32.5. The summed E-state index contributed by atoms with van der Waals surface area (Å²) in [5, 5.41) is 0. The van der Waals surface area contributed by atoms with E-state index in [1.807, 2.05) is 13.8 Å². The first-order valence-corrected chi connectivity index (χ1v) is 10.5. The molecule has 0 aliphatic rings. The van der Waals surface area contributed by atoms with Gasteiger partial charge in [0.1, 0.15) is 11.5 Å². The van der Waals surface area contributed by atoms with Gasteiger partial charge in [-0.3, -0.25) is 4.79 Å². The summed E-state index contributed by atoms with van der Waals surface area (Å²) in [6.45, 7) is 4.43. The smallest absolute Gasteiger partial charge is 0.306 e. The minimum Gasteiger partial charge on any atom is -0.497 e. The van der Waals surface area contributed by atoms with E-state index in [-0.39, 0.29) is 17.7 Å². The van der Waals surface area contributed by atoms with Crippen molar-refractivity contribution in [1.29, 1.82) is 0 Å². The van der Waals surface area contributed by atoms with E-state index in [2.05, 4.69) is 0 Å². The summed E-state index contributed by atoms with van der Waals surface area (Å²) >= 11 is 0. The number of hydrogen-bond donors (Lipinski definition) is 0. The first-order chi connectivity index (χ1) is 12.7. The fraction of sp³-hybridized carbons (Fsp3) is 0.350. The zero-order valence-corrected chi connectivity index (χ0v) is 16.8. The molecule has 0 saturated heterocycles. The van der Waals surface area contributed by atoms with Crippen molar-refractivity contribution in [2.75, 3.05) is 13.4 Å². The highest BCUT2D eigenvalue weighted by Crippen LogP contribution is 2.20. The van der Waals surface area contributed by atoms with Crippen LogP contribution >= 0.6 is 0 Å². The molecule has 7 heteroatoms. The molecule has 0 unspecified atom stereocenters. The van der Waals surface area contributed by atoms with Crippen molar-refractivity contribution in [2.45, 2.75) is 32.9 Å². The molecule has 2 aromatic rings. The van der Waals surface area contributed by atoms with Gasteiger partial charge in [0, 0.05) is 18.2 Å². The lowest BCUT2D eigenvalue weighted by Gasteiger charge is -2.29. The van der Waals surface area contributed by atoms with Crippen LogP contribution in [0.5, 0.6) is 11.5 Å². The molecule has 0 bridgehead atoms. The van der Waals surface area contributed by atoms with Gasteiger partial charge in [-0.1, -0.05) is 25.1 Å². The molecule has 1 amide bonds. The normalized spacial score (nSPS) is 12.3.